The van der Waals surface area contributed by atoms with E-state index in [0.717, 1.165) is 12.1 Å². The van der Waals surface area contributed by atoms with E-state index in [-0.39, 0.29) is 5.69 Å². The van der Waals surface area contributed by atoms with Crippen molar-refractivity contribution in [2.45, 2.75) is 19.1 Å². The number of nitro groups is 1. The van der Waals surface area contributed by atoms with Crippen LogP contribution >= 0.6 is 0 Å². The minimum atomic E-state index is -4.69. The number of nitrogens with one attached hydrogen (secondary N) is 1. The molecule has 1 aromatic rings. The highest BCUT2D eigenvalue weighted by atomic mass is 19.4. The van der Waals surface area contributed by atoms with Crippen LogP contribution in [0.25, 0.3) is 0 Å². The molecule has 18 heavy (non-hydrogen) atoms. The summed E-state index contributed by atoms with van der Waals surface area (Å²) >= 11 is 0. The molecule has 0 aromatic heterocycles. The first-order valence-electron chi connectivity index (χ1n) is 4.84. The third kappa shape index (κ3) is 3.13. The maximum absolute atomic E-state index is 12.7. The number of hydrogen-bond acceptors (Lipinski definition) is 3. The summed E-state index contributed by atoms with van der Waals surface area (Å²) in [6.45, 7) is 1.50. The molecule has 0 heterocycles. The number of nitro benzene ring substituents is 1. The maximum atomic E-state index is 12.7. The van der Waals surface area contributed by atoms with Crippen molar-refractivity contribution in [2.24, 2.45) is 0 Å². The molecule has 1 N–H and O–H groups in total. The van der Waals surface area contributed by atoms with Gasteiger partial charge >= 0.3 is 6.18 Å². The lowest BCUT2D eigenvalue weighted by Gasteiger charge is -2.15. The average molecular weight is 258 g/mol. The fourth-order valence-corrected chi connectivity index (χ4v) is 1.28. The van der Waals surface area contributed by atoms with E-state index in [0.29, 0.717) is 6.07 Å². The number of anilines is 1. The molecule has 0 bridgehead atoms. The summed E-state index contributed by atoms with van der Waals surface area (Å²) in [5.41, 5.74) is -2.02. The summed E-state index contributed by atoms with van der Waals surface area (Å²) in [5, 5.41) is 12.9. The summed E-state index contributed by atoms with van der Waals surface area (Å²) in [7, 11) is 0. The largest absolute Gasteiger partial charge is 0.418 e. The van der Waals surface area contributed by atoms with Crippen LogP contribution in [0.4, 0.5) is 24.5 Å². The average Bonchev–Trinajstić information content (AvgIpc) is 2.27. The van der Waals surface area contributed by atoms with Crippen molar-refractivity contribution in [1.29, 1.82) is 0 Å². The molecule has 7 heteroatoms. The van der Waals surface area contributed by atoms with Crippen LogP contribution < -0.4 is 5.32 Å². The van der Waals surface area contributed by atoms with Crippen LogP contribution in [0.15, 0.2) is 18.2 Å². The Hall–Kier alpha value is -2.23. The predicted octanol–water partition coefficient (Wildman–Crippen LogP) is 3.05. The molecule has 0 radical (unpaired) electrons. The third-order valence-electron chi connectivity index (χ3n) is 2.14. The highest BCUT2D eigenvalue weighted by Crippen LogP contribution is 2.37. The zero-order valence-electron chi connectivity index (χ0n) is 9.28. The van der Waals surface area contributed by atoms with Crippen LogP contribution in [0.5, 0.6) is 0 Å². The van der Waals surface area contributed by atoms with E-state index in [1.54, 1.807) is 0 Å². The number of halogens is 3. The number of non-ortho nitro benzene ring substituents is 1. The van der Waals surface area contributed by atoms with Gasteiger partial charge in [0.05, 0.1) is 16.5 Å². The molecule has 1 unspecified atom stereocenters. The lowest BCUT2D eigenvalue weighted by molar-refractivity contribution is -0.385. The topological polar surface area (TPSA) is 55.2 Å². The van der Waals surface area contributed by atoms with Gasteiger partial charge in [-0.3, -0.25) is 10.1 Å². The Morgan fingerprint density at radius 1 is 1.50 bits per heavy atom. The van der Waals surface area contributed by atoms with E-state index < -0.39 is 28.4 Å². The summed E-state index contributed by atoms with van der Waals surface area (Å²) < 4.78 is 38.2. The number of alkyl halides is 3. The minimum absolute atomic E-state index is 0.279. The fraction of sp³-hybridized carbons (Fsp3) is 0.273. The Morgan fingerprint density at radius 2 is 2.11 bits per heavy atom. The second kappa shape index (κ2) is 4.96. The first-order valence-corrected chi connectivity index (χ1v) is 4.84. The van der Waals surface area contributed by atoms with Gasteiger partial charge in [0.2, 0.25) is 0 Å². The van der Waals surface area contributed by atoms with Crippen LogP contribution in [0.3, 0.4) is 0 Å². The van der Waals surface area contributed by atoms with Gasteiger partial charge in [0.25, 0.3) is 5.69 Å². The van der Waals surface area contributed by atoms with E-state index in [1.165, 1.54) is 6.92 Å². The van der Waals surface area contributed by atoms with Gasteiger partial charge in [-0.05, 0) is 13.0 Å². The van der Waals surface area contributed by atoms with Crippen molar-refractivity contribution in [1.82, 2.24) is 0 Å². The molecule has 0 saturated carbocycles. The molecule has 4 nitrogen and oxygen atoms in total. The molecule has 1 rings (SSSR count). The molecule has 0 saturated heterocycles. The third-order valence-corrected chi connectivity index (χ3v) is 2.14. The lowest BCUT2D eigenvalue weighted by Crippen LogP contribution is -2.17. The van der Waals surface area contributed by atoms with Gasteiger partial charge in [0.1, 0.15) is 0 Å². The van der Waals surface area contributed by atoms with Crippen molar-refractivity contribution in [3.8, 4) is 12.3 Å². The van der Waals surface area contributed by atoms with Crippen LogP contribution in [0.2, 0.25) is 0 Å². The number of rotatable bonds is 3. The molecule has 0 aliphatic heterocycles. The number of nitrogens with zero attached hydrogens (tertiary/aromatic N) is 1. The normalized spacial score (nSPS) is 12.6. The summed E-state index contributed by atoms with van der Waals surface area (Å²) in [4.78, 5) is 9.57. The predicted molar refractivity (Wildman–Crippen MR) is 60.0 cm³/mol. The summed E-state index contributed by atoms with van der Waals surface area (Å²) in [6, 6.07) is 1.84. The van der Waals surface area contributed by atoms with Crippen molar-refractivity contribution in [3.05, 3.63) is 33.9 Å². The standard InChI is InChI=1S/C11H9F3N2O2/c1-3-7(2)15-10-5-4-8(16(17)18)6-9(10)11(12,13)14/h1,4-7,15H,2H3. The molecule has 1 atom stereocenters. The van der Waals surface area contributed by atoms with Gasteiger partial charge in [-0.25, -0.2) is 0 Å². The lowest BCUT2D eigenvalue weighted by atomic mass is 10.1. The van der Waals surface area contributed by atoms with E-state index in [9.17, 15) is 23.3 Å². The van der Waals surface area contributed by atoms with E-state index in [2.05, 4.69) is 11.2 Å². The van der Waals surface area contributed by atoms with Gasteiger partial charge in [-0.15, -0.1) is 6.42 Å². The molecule has 1 aromatic carbocycles. The fourth-order valence-electron chi connectivity index (χ4n) is 1.28. The van der Waals surface area contributed by atoms with Gasteiger partial charge in [-0.2, -0.15) is 13.2 Å². The maximum Gasteiger partial charge on any atom is 0.418 e. The quantitative estimate of drug-likeness (QED) is 0.515. The molecule has 0 aliphatic rings. The highest BCUT2D eigenvalue weighted by molar-refractivity contribution is 5.58. The Labute approximate surface area is 101 Å². The second-order valence-corrected chi connectivity index (χ2v) is 3.52. The molecule has 0 aliphatic carbocycles. The van der Waals surface area contributed by atoms with Crippen molar-refractivity contribution >= 4 is 11.4 Å². The van der Waals surface area contributed by atoms with Gasteiger partial charge in [0.15, 0.2) is 0 Å². The zero-order chi connectivity index (χ0) is 13.9. The van der Waals surface area contributed by atoms with Gasteiger partial charge < -0.3 is 5.32 Å². The van der Waals surface area contributed by atoms with Crippen LogP contribution in [0.1, 0.15) is 12.5 Å². The van der Waals surface area contributed by atoms with Gasteiger partial charge in [-0.1, -0.05) is 5.92 Å². The minimum Gasteiger partial charge on any atom is -0.371 e. The molecular formula is C11H9F3N2O2. The van der Waals surface area contributed by atoms with Crippen LogP contribution in [0, 0.1) is 22.5 Å². The first-order chi connectivity index (χ1) is 8.25. The zero-order valence-corrected chi connectivity index (χ0v) is 9.28. The Balaban J connectivity index is 3.27. The Bertz CT molecular complexity index is 506. The summed E-state index contributed by atoms with van der Waals surface area (Å²) in [6.07, 6.45) is 0.363. The van der Waals surface area contributed by atoms with Crippen LogP contribution in [-0.2, 0) is 6.18 Å². The van der Waals surface area contributed by atoms with E-state index in [1.807, 2.05) is 0 Å². The Kier molecular flexibility index (Phi) is 3.81. The summed E-state index contributed by atoms with van der Waals surface area (Å²) in [5.74, 6) is 2.22. The molecule has 0 spiro atoms. The SMILES string of the molecule is C#CC(C)Nc1ccc([N+](=O)[O-])cc1C(F)(F)F. The number of terminal acetylenes is 1. The van der Waals surface area contributed by atoms with E-state index in [4.69, 9.17) is 6.42 Å². The van der Waals surface area contributed by atoms with Gasteiger partial charge in [0, 0.05) is 17.8 Å². The van der Waals surface area contributed by atoms with Crippen LogP contribution in [-0.4, -0.2) is 11.0 Å². The van der Waals surface area contributed by atoms with Crippen molar-refractivity contribution in [3.63, 3.8) is 0 Å². The smallest absolute Gasteiger partial charge is 0.371 e. The highest BCUT2D eigenvalue weighted by Gasteiger charge is 2.35. The monoisotopic (exact) mass is 258 g/mol. The van der Waals surface area contributed by atoms with Crippen molar-refractivity contribution in [2.75, 3.05) is 5.32 Å². The number of hydrogen-bond donors (Lipinski definition) is 1. The van der Waals surface area contributed by atoms with E-state index >= 15 is 0 Å². The molecule has 0 amide bonds. The van der Waals surface area contributed by atoms with Crippen molar-refractivity contribution < 1.29 is 18.1 Å². The second-order valence-electron chi connectivity index (χ2n) is 3.52. The number of benzene rings is 1. The molecule has 96 valence electrons. The first kappa shape index (κ1) is 13.8. The molecule has 0 fully saturated rings. The Morgan fingerprint density at radius 3 is 2.56 bits per heavy atom. The molecular weight excluding hydrogens is 249 g/mol.